The van der Waals surface area contributed by atoms with Crippen LogP contribution in [0.1, 0.15) is 5.56 Å². The number of nitrogens with zero attached hydrogens (tertiary/aromatic N) is 2. The van der Waals surface area contributed by atoms with Gasteiger partial charge in [-0.3, -0.25) is 0 Å². The second-order valence-electron chi connectivity index (χ2n) is 3.85. The molecule has 0 saturated carbocycles. The fourth-order valence-corrected chi connectivity index (χ4v) is 1.67. The first-order chi connectivity index (χ1) is 8.72. The maximum Gasteiger partial charge on any atom is 0.174 e. The third-order valence-corrected chi connectivity index (χ3v) is 2.69. The third kappa shape index (κ3) is 3.80. The summed E-state index contributed by atoms with van der Waals surface area (Å²) < 4.78 is 5.21. The van der Waals surface area contributed by atoms with Crippen molar-refractivity contribution in [2.75, 3.05) is 13.7 Å². The minimum Gasteiger partial charge on any atom is -0.479 e. The molecular formula is C15H13N2OY-. The van der Waals surface area contributed by atoms with Crippen molar-refractivity contribution in [2.24, 2.45) is 0 Å². The molecule has 0 N–H and O–H groups in total. The maximum absolute atomic E-state index is 8.44. The van der Waals surface area contributed by atoms with E-state index in [1.54, 1.807) is 0 Å². The Morgan fingerprint density at radius 2 is 2.05 bits per heavy atom. The molecule has 0 saturated heterocycles. The molecule has 0 amide bonds. The van der Waals surface area contributed by atoms with Crippen molar-refractivity contribution in [1.82, 2.24) is 4.90 Å². The molecule has 1 radical (unpaired) electrons. The van der Waals surface area contributed by atoms with Crippen LogP contribution < -0.4 is 4.74 Å². The Kier molecular flexibility index (Phi) is 6.01. The first-order valence-corrected chi connectivity index (χ1v) is 5.55. The Bertz CT molecular complexity index is 553. The molecule has 0 fully saturated rings. The van der Waals surface area contributed by atoms with E-state index in [0.717, 1.165) is 17.0 Å². The normalized spacial score (nSPS) is 13.4. The van der Waals surface area contributed by atoms with Crippen LogP contribution in [0, 0.1) is 17.4 Å². The van der Waals surface area contributed by atoms with Crippen molar-refractivity contribution >= 4 is 5.70 Å². The number of ether oxygens (including phenoxy) is 1. The number of nitriles is 1. The molecule has 1 aliphatic rings. The summed E-state index contributed by atoms with van der Waals surface area (Å²) in [4.78, 5) is 1.98. The Labute approximate surface area is 138 Å². The summed E-state index contributed by atoms with van der Waals surface area (Å²) in [7, 11) is 1.95. The van der Waals surface area contributed by atoms with E-state index in [-0.39, 0.29) is 39.3 Å². The van der Waals surface area contributed by atoms with Crippen LogP contribution in [-0.2, 0) is 32.7 Å². The second kappa shape index (κ2) is 7.28. The predicted molar refractivity (Wildman–Crippen MR) is 70.2 cm³/mol. The fraction of sp³-hybridized carbons (Fsp3) is 0.133. The van der Waals surface area contributed by atoms with Gasteiger partial charge in [0.25, 0.3) is 0 Å². The molecule has 4 heteroatoms. The standard InChI is InChI=1S/C15H13N2O.Y/c1-12-4-3-5-15(17(12)2)13-6-8-14(9-7-13)18-11-10-16;/h3-4,6-9H,1,11H2,2H3;/q-1;. The van der Waals surface area contributed by atoms with E-state index >= 15 is 0 Å². The van der Waals surface area contributed by atoms with Crippen LogP contribution in [0.4, 0.5) is 0 Å². The maximum atomic E-state index is 8.44. The number of hydrogen-bond acceptors (Lipinski definition) is 3. The van der Waals surface area contributed by atoms with Crippen molar-refractivity contribution < 1.29 is 37.4 Å². The molecule has 1 aromatic rings. The van der Waals surface area contributed by atoms with Gasteiger partial charge in [0, 0.05) is 39.8 Å². The molecule has 0 aliphatic carbocycles. The summed E-state index contributed by atoms with van der Waals surface area (Å²) >= 11 is 0. The molecule has 2 rings (SSSR count). The molecule has 0 bridgehead atoms. The second-order valence-corrected chi connectivity index (χ2v) is 3.85. The summed E-state index contributed by atoms with van der Waals surface area (Å²) in [6.45, 7) is 4.01. The largest absolute Gasteiger partial charge is 0.479 e. The van der Waals surface area contributed by atoms with Gasteiger partial charge in [0.2, 0.25) is 0 Å². The van der Waals surface area contributed by atoms with Gasteiger partial charge in [0.15, 0.2) is 6.61 Å². The SMILES string of the molecule is C=C1C=C[C-]=C(c2ccc(OCC#N)cc2)N1C.[Y]. The summed E-state index contributed by atoms with van der Waals surface area (Å²) in [6, 6.07) is 9.51. The average molecular weight is 326 g/mol. The summed E-state index contributed by atoms with van der Waals surface area (Å²) in [6.07, 6.45) is 6.96. The van der Waals surface area contributed by atoms with Gasteiger partial charge in [-0.25, -0.2) is 0 Å². The molecule has 19 heavy (non-hydrogen) atoms. The smallest absolute Gasteiger partial charge is 0.174 e. The zero-order chi connectivity index (χ0) is 13.0. The molecule has 0 unspecified atom stereocenters. The topological polar surface area (TPSA) is 36.3 Å². The summed E-state index contributed by atoms with van der Waals surface area (Å²) in [5, 5.41) is 8.44. The van der Waals surface area contributed by atoms with E-state index in [2.05, 4.69) is 12.7 Å². The van der Waals surface area contributed by atoms with Crippen molar-refractivity contribution in [1.29, 1.82) is 5.26 Å². The molecule has 1 heterocycles. The Morgan fingerprint density at radius 3 is 2.68 bits per heavy atom. The van der Waals surface area contributed by atoms with Crippen molar-refractivity contribution in [2.45, 2.75) is 0 Å². The first kappa shape index (κ1) is 15.7. The van der Waals surface area contributed by atoms with E-state index in [1.165, 1.54) is 0 Å². The van der Waals surface area contributed by atoms with Gasteiger partial charge >= 0.3 is 0 Å². The minimum atomic E-state index is 0. The van der Waals surface area contributed by atoms with Crippen LogP contribution in [0.15, 0.2) is 48.7 Å². The van der Waals surface area contributed by atoms with Crippen LogP contribution in [0.2, 0.25) is 0 Å². The molecule has 0 atom stereocenters. The molecule has 3 nitrogen and oxygen atoms in total. The number of likely N-dealkylation sites (N-methyl/N-ethyl adjacent to an activating group) is 1. The fourth-order valence-electron chi connectivity index (χ4n) is 1.67. The number of allylic oxidation sites excluding steroid dienone is 3. The van der Waals surface area contributed by atoms with Crippen molar-refractivity contribution in [3.8, 4) is 11.8 Å². The summed E-state index contributed by atoms with van der Waals surface area (Å²) in [5.74, 6) is 0.689. The van der Waals surface area contributed by atoms with Gasteiger partial charge in [-0.1, -0.05) is 17.8 Å². The molecule has 93 valence electrons. The van der Waals surface area contributed by atoms with Gasteiger partial charge in [0.1, 0.15) is 11.8 Å². The first-order valence-electron chi connectivity index (χ1n) is 5.55. The van der Waals surface area contributed by atoms with Crippen LogP contribution in [-0.4, -0.2) is 18.6 Å². The van der Waals surface area contributed by atoms with Gasteiger partial charge in [-0.05, 0) is 17.8 Å². The number of hydrogen-bond donors (Lipinski definition) is 0. The van der Waals surface area contributed by atoms with Crippen LogP contribution in [0.5, 0.6) is 5.75 Å². The van der Waals surface area contributed by atoms with E-state index in [1.807, 2.05) is 54.4 Å². The zero-order valence-corrected chi connectivity index (χ0v) is 13.6. The average Bonchev–Trinajstić information content (AvgIpc) is 2.40. The van der Waals surface area contributed by atoms with Crippen LogP contribution in [0.3, 0.4) is 0 Å². The predicted octanol–water partition coefficient (Wildman–Crippen LogP) is 2.75. The van der Waals surface area contributed by atoms with Crippen molar-refractivity contribution in [3.63, 3.8) is 0 Å². The number of rotatable bonds is 3. The van der Waals surface area contributed by atoms with Gasteiger partial charge in [-0.15, -0.1) is 18.2 Å². The monoisotopic (exact) mass is 326 g/mol. The Hall–Kier alpha value is -1.37. The van der Waals surface area contributed by atoms with Gasteiger partial charge in [-0.2, -0.15) is 17.4 Å². The molecule has 1 aliphatic heterocycles. The number of benzene rings is 1. The van der Waals surface area contributed by atoms with E-state index in [0.29, 0.717) is 5.75 Å². The third-order valence-electron chi connectivity index (χ3n) is 2.69. The van der Waals surface area contributed by atoms with Crippen molar-refractivity contribution in [3.05, 3.63) is 60.3 Å². The van der Waals surface area contributed by atoms with E-state index < -0.39 is 0 Å². The molecule has 0 spiro atoms. The Morgan fingerprint density at radius 1 is 1.37 bits per heavy atom. The molecule has 0 aromatic heterocycles. The van der Waals surface area contributed by atoms with Crippen LogP contribution in [0.25, 0.3) is 5.70 Å². The Balaban J connectivity index is 0.00000180. The zero-order valence-electron chi connectivity index (χ0n) is 10.8. The quantitative estimate of drug-likeness (QED) is 0.802. The minimum absolute atomic E-state index is 0. The van der Waals surface area contributed by atoms with Gasteiger partial charge in [0.05, 0.1) is 0 Å². The van der Waals surface area contributed by atoms with E-state index in [4.69, 9.17) is 10.00 Å². The summed E-state index contributed by atoms with van der Waals surface area (Å²) in [5.41, 5.74) is 2.93. The van der Waals surface area contributed by atoms with E-state index in [9.17, 15) is 0 Å². The molecular weight excluding hydrogens is 313 g/mol. The molecule has 1 aromatic carbocycles. The van der Waals surface area contributed by atoms with Crippen LogP contribution >= 0.6 is 0 Å². The van der Waals surface area contributed by atoms with Gasteiger partial charge < -0.3 is 9.64 Å².